The number of imidazole rings is 1. The van der Waals surface area contributed by atoms with Gasteiger partial charge in [-0.25, -0.2) is 4.39 Å². The SMILES string of the molecule is CCOC(=O)CCc1c(C)c(C#N)c2[nH]c3ccccc3[n+]2c1Nc1ccc(F)cc1. The van der Waals surface area contributed by atoms with E-state index in [1.54, 1.807) is 19.1 Å². The molecule has 0 amide bonds. The van der Waals surface area contributed by atoms with Gasteiger partial charge in [-0.2, -0.15) is 9.66 Å². The molecule has 0 bridgehead atoms. The summed E-state index contributed by atoms with van der Waals surface area (Å²) in [5.41, 5.74) is 5.24. The molecule has 2 aromatic carbocycles. The van der Waals surface area contributed by atoms with Crippen LogP contribution < -0.4 is 9.72 Å². The Morgan fingerprint density at radius 1 is 1.23 bits per heavy atom. The van der Waals surface area contributed by atoms with Crippen molar-refractivity contribution in [3.8, 4) is 6.07 Å². The van der Waals surface area contributed by atoms with Crippen molar-refractivity contribution in [2.75, 3.05) is 11.9 Å². The summed E-state index contributed by atoms with van der Waals surface area (Å²) in [4.78, 5) is 15.4. The average molecular weight is 417 g/mol. The lowest BCUT2D eigenvalue weighted by Gasteiger charge is -2.14. The number of carbonyl (C=O) groups is 1. The van der Waals surface area contributed by atoms with Gasteiger partial charge < -0.3 is 4.74 Å². The highest BCUT2D eigenvalue weighted by Crippen LogP contribution is 2.28. The number of carbonyl (C=O) groups excluding carboxylic acids is 1. The number of halogens is 1. The van der Waals surface area contributed by atoms with Gasteiger partial charge in [0.25, 0.3) is 0 Å². The molecule has 0 fully saturated rings. The number of benzene rings is 2. The van der Waals surface area contributed by atoms with Crippen LogP contribution in [0.15, 0.2) is 48.5 Å². The maximum Gasteiger partial charge on any atom is 0.306 e. The van der Waals surface area contributed by atoms with Crippen LogP contribution >= 0.6 is 0 Å². The molecule has 0 atom stereocenters. The van der Waals surface area contributed by atoms with E-state index >= 15 is 0 Å². The Labute approximate surface area is 178 Å². The number of pyridine rings is 1. The highest BCUT2D eigenvalue weighted by atomic mass is 19.1. The Morgan fingerprint density at radius 2 is 1.97 bits per heavy atom. The van der Waals surface area contributed by atoms with Crippen molar-refractivity contribution < 1.29 is 18.3 Å². The van der Waals surface area contributed by atoms with Crippen molar-refractivity contribution in [1.29, 1.82) is 5.26 Å². The quantitative estimate of drug-likeness (QED) is 0.358. The number of ether oxygens (including phenoxy) is 1. The highest BCUT2D eigenvalue weighted by molar-refractivity contribution is 5.79. The minimum Gasteiger partial charge on any atom is -0.466 e. The third-order valence-electron chi connectivity index (χ3n) is 5.30. The average Bonchev–Trinajstić information content (AvgIpc) is 3.14. The van der Waals surface area contributed by atoms with Crippen molar-refractivity contribution in [2.24, 2.45) is 0 Å². The molecule has 7 heteroatoms. The van der Waals surface area contributed by atoms with Crippen LogP contribution in [0.4, 0.5) is 15.9 Å². The first-order valence-electron chi connectivity index (χ1n) is 10.1. The van der Waals surface area contributed by atoms with Crippen molar-refractivity contribution in [3.05, 3.63) is 71.0 Å². The molecule has 156 valence electrons. The fourth-order valence-corrected chi connectivity index (χ4v) is 3.83. The molecular formula is C24H22FN4O2+. The predicted molar refractivity (Wildman–Crippen MR) is 116 cm³/mol. The monoisotopic (exact) mass is 417 g/mol. The predicted octanol–water partition coefficient (Wildman–Crippen LogP) is 4.47. The van der Waals surface area contributed by atoms with Crippen LogP contribution in [0.3, 0.4) is 0 Å². The molecule has 2 heterocycles. The molecule has 0 aliphatic carbocycles. The lowest BCUT2D eigenvalue weighted by molar-refractivity contribution is -0.465. The Morgan fingerprint density at radius 3 is 2.68 bits per heavy atom. The molecule has 2 N–H and O–H groups in total. The molecule has 4 aromatic rings. The highest BCUT2D eigenvalue weighted by Gasteiger charge is 2.26. The van der Waals surface area contributed by atoms with Gasteiger partial charge in [-0.1, -0.05) is 12.1 Å². The van der Waals surface area contributed by atoms with Gasteiger partial charge in [-0.3, -0.25) is 15.1 Å². The Hall–Kier alpha value is -3.92. The molecule has 4 rings (SSSR count). The number of esters is 1. The number of nitriles is 1. The van der Waals surface area contributed by atoms with Crippen LogP contribution in [-0.2, 0) is 16.0 Å². The Bertz CT molecular complexity index is 1320. The summed E-state index contributed by atoms with van der Waals surface area (Å²) in [5.74, 6) is 0.103. The normalized spacial score (nSPS) is 10.9. The standard InChI is InChI=1S/C24H21FN4O2/c1-3-31-22(30)13-12-18-15(2)19(14-26)24-28-20-6-4-5-7-21(20)29(24)23(18)27-17-10-8-16(25)9-11-17/h4-11H,3,12-13H2,1-2H3,(H,27,28)/p+1. The molecule has 0 aliphatic heterocycles. The summed E-state index contributed by atoms with van der Waals surface area (Å²) in [6.07, 6.45) is 0.581. The zero-order valence-corrected chi connectivity index (χ0v) is 17.3. The number of hydrogen-bond acceptors (Lipinski definition) is 4. The van der Waals surface area contributed by atoms with E-state index in [-0.39, 0.29) is 18.2 Å². The van der Waals surface area contributed by atoms with E-state index in [1.165, 1.54) is 12.1 Å². The van der Waals surface area contributed by atoms with E-state index in [0.717, 1.165) is 28.0 Å². The van der Waals surface area contributed by atoms with Crippen molar-refractivity contribution >= 4 is 34.2 Å². The summed E-state index contributed by atoms with van der Waals surface area (Å²) >= 11 is 0. The molecule has 0 radical (unpaired) electrons. The summed E-state index contributed by atoms with van der Waals surface area (Å²) in [6, 6.07) is 16.1. The lowest BCUT2D eigenvalue weighted by atomic mass is 10.00. The number of fused-ring (bicyclic) bond motifs is 3. The van der Waals surface area contributed by atoms with Crippen LogP contribution in [0.1, 0.15) is 30.0 Å². The topological polar surface area (TPSA) is 82.0 Å². The lowest BCUT2D eigenvalue weighted by Crippen LogP contribution is -2.29. The summed E-state index contributed by atoms with van der Waals surface area (Å²) in [7, 11) is 0. The number of rotatable bonds is 6. The molecule has 2 aromatic heterocycles. The van der Waals surface area contributed by atoms with Crippen LogP contribution in [0.2, 0.25) is 0 Å². The fraction of sp³-hybridized carbons (Fsp3) is 0.208. The first kappa shape index (κ1) is 20.4. The molecule has 0 saturated heterocycles. The second-order valence-electron chi connectivity index (χ2n) is 7.20. The molecular weight excluding hydrogens is 395 g/mol. The van der Waals surface area contributed by atoms with Crippen molar-refractivity contribution in [3.63, 3.8) is 0 Å². The van der Waals surface area contributed by atoms with Gasteiger partial charge >= 0.3 is 5.97 Å². The van der Waals surface area contributed by atoms with E-state index < -0.39 is 0 Å². The van der Waals surface area contributed by atoms with Gasteiger partial charge in [0.2, 0.25) is 11.5 Å². The number of aromatic amines is 1. The van der Waals surface area contributed by atoms with E-state index in [4.69, 9.17) is 4.74 Å². The first-order chi connectivity index (χ1) is 15.0. The van der Waals surface area contributed by atoms with Crippen LogP contribution in [0.5, 0.6) is 0 Å². The van der Waals surface area contributed by atoms with Gasteiger partial charge in [0.1, 0.15) is 28.5 Å². The van der Waals surface area contributed by atoms with Gasteiger partial charge in [-0.15, -0.1) is 0 Å². The maximum absolute atomic E-state index is 13.4. The van der Waals surface area contributed by atoms with Crippen LogP contribution in [0, 0.1) is 24.1 Å². The third kappa shape index (κ3) is 3.80. The molecule has 0 spiro atoms. The number of nitrogens with zero attached hydrogens (tertiary/aromatic N) is 2. The second kappa shape index (κ2) is 8.44. The smallest absolute Gasteiger partial charge is 0.306 e. The molecule has 0 unspecified atom stereocenters. The number of H-pyrrole nitrogens is 1. The number of nitrogens with one attached hydrogen (secondary N) is 2. The van der Waals surface area contributed by atoms with Gasteiger partial charge in [0.05, 0.1) is 12.3 Å². The maximum atomic E-state index is 13.4. The first-order valence-corrected chi connectivity index (χ1v) is 10.1. The van der Waals surface area contributed by atoms with E-state index in [1.807, 2.05) is 35.6 Å². The Balaban J connectivity index is 1.96. The van der Waals surface area contributed by atoms with Crippen LogP contribution in [0.25, 0.3) is 16.7 Å². The minimum absolute atomic E-state index is 0.187. The van der Waals surface area contributed by atoms with Gasteiger partial charge in [0.15, 0.2) is 0 Å². The summed E-state index contributed by atoms with van der Waals surface area (Å²) in [5, 5.41) is 13.3. The van der Waals surface area contributed by atoms with E-state index in [0.29, 0.717) is 29.9 Å². The zero-order chi connectivity index (χ0) is 22.0. The summed E-state index contributed by atoms with van der Waals surface area (Å²) in [6.45, 7) is 3.96. The Kier molecular flexibility index (Phi) is 5.54. The molecule has 0 aliphatic rings. The fourth-order valence-electron chi connectivity index (χ4n) is 3.83. The molecule has 31 heavy (non-hydrogen) atoms. The second-order valence-corrected chi connectivity index (χ2v) is 7.20. The van der Waals surface area contributed by atoms with Gasteiger partial charge in [0, 0.05) is 12.0 Å². The van der Waals surface area contributed by atoms with Crippen molar-refractivity contribution in [1.82, 2.24) is 4.98 Å². The number of para-hydroxylation sites is 2. The minimum atomic E-state index is -0.325. The number of anilines is 2. The van der Waals surface area contributed by atoms with Crippen LogP contribution in [-0.4, -0.2) is 17.6 Å². The molecule has 0 saturated carbocycles. The third-order valence-corrected chi connectivity index (χ3v) is 5.30. The van der Waals surface area contributed by atoms with E-state index in [9.17, 15) is 14.4 Å². The molecule has 6 nitrogen and oxygen atoms in total. The number of hydrogen-bond donors (Lipinski definition) is 2. The zero-order valence-electron chi connectivity index (χ0n) is 17.3. The number of aromatic nitrogens is 2. The van der Waals surface area contributed by atoms with E-state index in [2.05, 4.69) is 16.4 Å². The largest absolute Gasteiger partial charge is 0.466 e. The van der Waals surface area contributed by atoms with Gasteiger partial charge in [-0.05, 0) is 62.2 Å². The summed E-state index contributed by atoms with van der Waals surface area (Å²) < 4.78 is 20.5. The van der Waals surface area contributed by atoms with Crippen molar-refractivity contribution in [2.45, 2.75) is 26.7 Å².